The molecule has 1 fully saturated rings. The Labute approximate surface area is 264 Å². The Balaban J connectivity index is 1.56. The Morgan fingerprint density at radius 3 is 2.36 bits per heavy atom. The predicted molar refractivity (Wildman–Crippen MR) is 170 cm³/mol. The lowest BCUT2D eigenvalue weighted by molar-refractivity contribution is -0.144. The molecule has 1 saturated heterocycles. The number of ketones is 1. The molecule has 1 amide bonds. The van der Waals surface area contributed by atoms with Crippen LogP contribution in [0.1, 0.15) is 50.8 Å². The number of ether oxygens (including phenoxy) is 2. The first kappa shape index (κ1) is 35.4. The molecular weight excluding hydrogens is 576 g/mol. The van der Waals surface area contributed by atoms with Crippen LogP contribution in [0.5, 0.6) is 5.75 Å². The quantitative estimate of drug-likeness (QED) is 0.0953. The van der Waals surface area contributed by atoms with Crippen LogP contribution in [0.3, 0.4) is 0 Å². The van der Waals surface area contributed by atoms with Gasteiger partial charge in [0.15, 0.2) is 11.9 Å². The van der Waals surface area contributed by atoms with Gasteiger partial charge in [-0.25, -0.2) is 4.79 Å². The number of hydrogen-bond acceptors (Lipinski definition) is 8. The van der Waals surface area contributed by atoms with Crippen LogP contribution >= 0.6 is 0 Å². The van der Waals surface area contributed by atoms with E-state index in [0.29, 0.717) is 36.4 Å². The maximum Gasteiger partial charge on any atom is 0.336 e. The Bertz CT molecular complexity index is 1370. The van der Waals surface area contributed by atoms with Gasteiger partial charge in [-0.2, -0.15) is 0 Å². The largest absolute Gasteiger partial charge is 0.497 e. The van der Waals surface area contributed by atoms with E-state index >= 15 is 0 Å². The van der Waals surface area contributed by atoms with Crippen LogP contribution in [0, 0.1) is 5.92 Å². The zero-order chi connectivity index (χ0) is 32.9. The zero-order valence-corrected chi connectivity index (χ0v) is 26.2. The smallest absolute Gasteiger partial charge is 0.336 e. The lowest BCUT2D eigenvalue weighted by Gasteiger charge is -2.19. The Kier molecular flexibility index (Phi) is 13.7. The van der Waals surface area contributed by atoms with Crippen molar-refractivity contribution in [3.8, 4) is 5.75 Å². The first-order valence-electron chi connectivity index (χ1n) is 15.0. The number of carboxylic acid groups (broad SMARTS) is 1. The minimum Gasteiger partial charge on any atom is -0.497 e. The van der Waals surface area contributed by atoms with Crippen LogP contribution in [0.2, 0.25) is 0 Å². The standard InChI is InChI=1S/C35H44N2O8/c1-22(19-31(40)35(42)43)18-27(38)20-23(2)37-34(41)29(21-25-13-15-28(44-4)16-14-25)36-17-9-8-12-30(39)24(3)32-33(45-32)26-10-6-5-7-11-26/h5-11,13-16,19-20,24,29-33,36,39-40H,12,17-18,21H2,1-4H3,(H,37,41)(H,42,43)/b9-8+,22-19+,23-20+/t24-,29+,30-,31?,32+,33+/m0/s1. The second kappa shape index (κ2) is 17.4. The molecule has 1 unspecified atom stereocenters. The normalized spacial score (nSPS) is 19.4. The topological polar surface area (TPSA) is 158 Å². The Hall–Kier alpha value is -4.09. The molecule has 6 atom stereocenters. The number of amides is 1. The van der Waals surface area contributed by atoms with E-state index in [9.17, 15) is 24.6 Å². The molecule has 5 N–H and O–H groups in total. The van der Waals surface area contributed by atoms with E-state index in [4.69, 9.17) is 14.6 Å². The Morgan fingerprint density at radius 2 is 1.71 bits per heavy atom. The number of carbonyl (C=O) groups excluding carboxylic acids is 2. The Morgan fingerprint density at radius 1 is 1.02 bits per heavy atom. The molecule has 3 rings (SSSR count). The molecule has 45 heavy (non-hydrogen) atoms. The van der Waals surface area contributed by atoms with Crippen molar-refractivity contribution in [2.45, 2.75) is 70.5 Å². The monoisotopic (exact) mass is 620 g/mol. The molecule has 1 heterocycles. The average molecular weight is 621 g/mol. The average Bonchev–Trinajstić information content (AvgIpc) is 3.81. The first-order valence-corrected chi connectivity index (χ1v) is 15.0. The van der Waals surface area contributed by atoms with E-state index in [-0.39, 0.29) is 36.2 Å². The first-order chi connectivity index (χ1) is 21.5. The third-order valence-corrected chi connectivity index (χ3v) is 7.57. The van der Waals surface area contributed by atoms with Gasteiger partial charge in [0.2, 0.25) is 5.91 Å². The summed E-state index contributed by atoms with van der Waals surface area (Å²) in [6.45, 7) is 5.51. The number of allylic oxidation sites excluding steroid dienone is 3. The number of aliphatic hydroxyl groups excluding tert-OH is 2. The third kappa shape index (κ3) is 11.7. The van der Waals surface area contributed by atoms with Crippen molar-refractivity contribution in [3.63, 3.8) is 0 Å². The molecule has 242 valence electrons. The van der Waals surface area contributed by atoms with Gasteiger partial charge < -0.3 is 35.4 Å². The van der Waals surface area contributed by atoms with Crippen molar-refractivity contribution in [2.24, 2.45) is 5.92 Å². The van der Waals surface area contributed by atoms with Gasteiger partial charge in [-0.05, 0) is 56.0 Å². The second-order valence-electron chi connectivity index (χ2n) is 11.3. The second-order valence-corrected chi connectivity index (χ2v) is 11.3. The van der Waals surface area contributed by atoms with Gasteiger partial charge in [-0.3, -0.25) is 9.59 Å². The number of rotatable bonds is 18. The molecule has 2 aromatic carbocycles. The van der Waals surface area contributed by atoms with Crippen LogP contribution in [0.4, 0.5) is 0 Å². The fraction of sp³-hybridized carbons (Fsp3) is 0.400. The van der Waals surface area contributed by atoms with Gasteiger partial charge >= 0.3 is 5.97 Å². The minimum atomic E-state index is -1.69. The SMILES string of the molecule is COc1ccc(C[C@@H](NC/C=C/C[C@H](O)[C@H](C)[C@H]2O[C@@H]2c2ccccc2)C(=O)N/C(C)=C/C(=O)C/C(C)=C/C(O)C(=O)O)cc1. The van der Waals surface area contributed by atoms with Gasteiger partial charge in [0.05, 0.1) is 25.4 Å². The van der Waals surface area contributed by atoms with Crippen molar-refractivity contribution >= 4 is 17.7 Å². The molecule has 10 heteroatoms. The maximum absolute atomic E-state index is 13.3. The van der Waals surface area contributed by atoms with Crippen LogP contribution in [-0.4, -0.2) is 71.0 Å². The summed E-state index contributed by atoms with van der Waals surface area (Å²) in [5.74, 6) is -1.42. The van der Waals surface area contributed by atoms with Crippen LogP contribution < -0.4 is 15.4 Å². The molecule has 2 aromatic rings. The van der Waals surface area contributed by atoms with Crippen molar-refractivity contribution in [3.05, 3.63) is 101 Å². The molecule has 0 bridgehead atoms. The van der Waals surface area contributed by atoms with E-state index < -0.39 is 24.2 Å². The van der Waals surface area contributed by atoms with Gasteiger partial charge in [0.1, 0.15) is 11.9 Å². The number of nitrogens with one attached hydrogen (secondary N) is 2. The van der Waals surface area contributed by atoms with Crippen LogP contribution in [0.15, 0.2) is 90.2 Å². The summed E-state index contributed by atoms with van der Waals surface area (Å²) in [6.07, 6.45) is 4.59. The molecule has 0 spiro atoms. The van der Waals surface area contributed by atoms with Crippen molar-refractivity contribution < 1.29 is 39.2 Å². The number of methoxy groups -OCH3 is 1. The van der Waals surface area contributed by atoms with Crippen LogP contribution in [0.25, 0.3) is 0 Å². The molecule has 0 radical (unpaired) electrons. The fourth-order valence-corrected chi connectivity index (χ4v) is 4.94. The molecule has 0 aromatic heterocycles. The number of hydrogen-bond donors (Lipinski definition) is 5. The fourth-order valence-electron chi connectivity index (χ4n) is 4.94. The molecule has 1 aliphatic heterocycles. The summed E-state index contributed by atoms with van der Waals surface area (Å²) in [7, 11) is 1.58. The van der Waals surface area contributed by atoms with E-state index in [0.717, 1.165) is 17.2 Å². The van der Waals surface area contributed by atoms with Crippen molar-refractivity contribution in [1.82, 2.24) is 10.6 Å². The number of aliphatic carboxylic acids is 1. The van der Waals surface area contributed by atoms with Gasteiger partial charge in [-0.15, -0.1) is 0 Å². The minimum absolute atomic E-state index is 0.0110. The summed E-state index contributed by atoms with van der Waals surface area (Å²) in [4.78, 5) is 36.5. The number of carboxylic acids is 1. The van der Waals surface area contributed by atoms with E-state index in [1.165, 1.54) is 6.08 Å². The number of carbonyl (C=O) groups is 3. The number of benzene rings is 2. The van der Waals surface area contributed by atoms with Gasteiger partial charge in [-0.1, -0.05) is 67.1 Å². The summed E-state index contributed by atoms with van der Waals surface area (Å²) in [6, 6.07) is 16.7. The van der Waals surface area contributed by atoms with E-state index in [1.807, 2.05) is 73.7 Å². The summed E-state index contributed by atoms with van der Waals surface area (Å²) >= 11 is 0. The molecule has 0 aliphatic carbocycles. The highest BCUT2D eigenvalue weighted by Crippen LogP contribution is 2.44. The van der Waals surface area contributed by atoms with Gasteiger partial charge in [0, 0.05) is 30.7 Å². The molecule has 10 nitrogen and oxygen atoms in total. The lowest BCUT2D eigenvalue weighted by Crippen LogP contribution is -2.45. The van der Waals surface area contributed by atoms with Crippen molar-refractivity contribution in [1.29, 1.82) is 0 Å². The van der Waals surface area contributed by atoms with Crippen molar-refractivity contribution in [2.75, 3.05) is 13.7 Å². The highest BCUT2D eigenvalue weighted by atomic mass is 16.6. The molecule has 1 aliphatic rings. The highest BCUT2D eigenvalue weighted by Gasteiger charge is 2.45. The number of epoxide rings is 1. The summed E-state index contributed by atoms with van der Waals surface area (Å²) < 4.78 is 11.1. The molecular formula is C35H44N2O8. The lowest BCUT2D eigenvalue weighted by atomic mass is 9.94. The van der Waals surface area contributed by atoms with Crippen LogP contribution in [-0.2, 0) is 25.5 Å². The zero-order valence-electron chi connectivity index (χ0n) is 26.2. The number of aliphatic hydroxyl groups is 2. The van der Waals surface area contributed by atoms with E-state index in [1.54, 1.807) is 21.0 Å². The van der Waals surface area contributed by atoms with E-state index in [2.05, 4.69) is 10.6 Å². The maximum atomic E-state index is 13.3. The third-order valence-electron chi connectivity index (χ3n) is 7.57. The summed E-state index contributed by atoms with van der Waals surface area (Å²) in [5.41, 5.74) is 2.75. The highest BCUT2D eigenvalue weighted by molar-refractivity contribution is 5.93. The molecule has 0 saturated carbocycles. The predicted octanol–water partition coefficient (Wildman–Crippen LogP) is 3.65. The van der Waals surface area contributed by atoms with Gasteiger partial charge in [0.25, 0.3) is 0 Å². The summed E-state index contributed by atoms with van der Waals surface area (Å²) in [5, 5.41) is 35.0.